The maximum absolute atomic E-state index is 11.7. The van der Waals surface area contributed by atoms with E-state index in [4.69, 9.17) is 15.7 Å². The summed E-state index contributed by atoms with van der Waals surface area (Å²) in [5.74, 6) is -1.19. The topological polar surface area (TPSA) is 119 Å². The third-order valence-electron chi connectivity index (χ3n) is 2.70. The number of Topliss-reactive ketones (excluding diaryl/α,β-unsaturated/α-hetero) is 1. The SMILES string of the molecule is CC(N)=C(C#N)C(=O)COC(=O)CSc1ncnc2sccc12. The Kier molecular flexibility index (Phi) is 5.67. The molecule has 2 N–H and O–H groups in total. The summed E-state index contributed by atoms with van der Waals surface area (Å²) in [6, 6.07) is 3.57. The Labute approximate surface area is 140 Å². The van der Waals surface area contributed by atoms with Crippen molar-refractivity contribution in [1.82, 2.24) is 9.97 Å². The highest BCUT2D eigenvalue weighted by Crippen LogP contribution is 2.27. The number of hydrogen-bond donors (Lipinski definition) is 1. The number of rotatable bonds is 6. The van der Waals surface area contributed by atoms with E-state index in [0.717, 1.165) is 10.2 Å². The highest BCUT2D eigenvalue weighted by Gasteiger charge is 2.15. The molecule has 7 nitrogen and oxygen atoms in total. The van der Waals surface area contributed by atoms with Gasteiger partial charge in [0, 0.05) is 11.1 Å². The third-order valence-corrected chi connectivity index (χ3v) is 4.50. The number of carbonyl (C=O) groups is 2. The van der Waals surface area contributed by atoms with E-state index in [1.165, 1.54) is 36.3 Å². The van der Waals surface area contributed by atoms with Gasteiger partial charge in [-0.2, -0.15) is 5.26 Å². The van der Waals surface area contributed by atoms with E-state index in [9.17, 15) is 9.59 Å². The molecule has 0 radical (unpaired) electrons. The van der Waals surface area contributed by atoms with E-state index >= 15 is 0 Å². The molecule has 2 heterocycles. The van der Waals surface area contributed by atoms with Gasteiger partial charge in [-0.25, -0.2) is 9.97 Å². The van der Waals surface area contributed by atoms with Gasteiger partial charge in [-0.05, 0) is 18.4 Å². The highest BCUT2D eigenvalue weighted by molar-refractivity contribution is 8.00. The number of ketones is 1. The van der Waals surface area contributed by atoms with Gasteiger partial charge in [0.05, 0.1) is 5.75 Å². The fraction of sp³-hybridized carbons (Fsp3) is 0.214. The summed E-state index contributed by atoms with van der Waals surface area (Å²) in [5.41, 5.74) is 5.32. The largest absolute Gasteiger partial charge is 0.457 e. The van der Waals surface area contributed by atoms with E-state index in [2.05, 4.69) is 9.97 Å². The number of thiophene rings is 1. The lowest BCUT2D eigenvalue weighted by atomic mass is 10.1. The predicted octanol–water partition coefficient (Wildman–Crippen LogP) is 1.65. The molecule has 0 aromatic carbocycles. The molecule has 23 heavy (non-hydrogen) atoms. The van der Waals surface area contributed by atoms with Crippen molar-refractivity contribution >= 4 is 45.1 Å². The Morgan fingerprint density at radius 2 is 2.26 bits per heavy atom. The Bertz CT molecular complexity index is 819. The number of fused-ring (bicyclic) bond motifs is 1. The van der Waals surface area contributed by atoms with Crippen molar-refractivity contribution < 1.29 is 14.3 Å². The lowest BCUT2D eigenvalue weighted by molar-refractivity contribution is -0.144. The summed E-state index contributed by atoms with van der Waals surface area (Å²) >= 11 is 2.69. The standard InChI is InChI=1S/C14H12N4O3S2/c1-8(16)10(4-15)11(19)5-21-12(20)6-23-14-9-2-3-22-13(9)17-7-18-14/h2-3,7H,5-6,16H2,1H3. The summed E-state index contributed by atoms with van der Waals surface area (Å²) < 4.78 is 4.86. The zero-order valence-electron chi connectivity index (χ0n) is 12.1. The Morgan fingerprint density at radius 3 is 2.96 bits per heavy atom. The summed E-state index contributed by atoms with van der Waals surface area (Å²) in [6.07, 6.45) is 1.43. The lowest BCUT2D eigenvalue weighted by Crippen LogP contribution is -2.18. The first-order valence-corrected chi connectivity index (χ1v) is 8.25. The second-order valence-electron chi connectivity index (χ2n) is 4.36. The fourth-order valence-electron chi connectivity index (χ4n) is 1.64. The number of carbonyl (C=O) groups excluding carboxylic acids is 2. The van der Waals surface area contributed by atoms with Crippen LogP contribution in [0.15, 0.2) is 34.1 Å². The van der Waals surface area contributed by atoms with Crippen molar-refractivity contribution in [2.45, 2.75) is 11.9 Å². The van der Waals surface area contributed by atoms with Gasteiger partial charge in [0.1, 0.15) is 27.8 Å². The molecule has 0 aliphatic rings. The molecule has 9 heteroatoms. The molecule has 0 atom stereocenters. The van der Waals surface area contributed by atoms with Crippen LogP contribution >= 0.6 is 23.1 Å². The normalized spacial score (nSPS) is 11.7. The van der Waals surface area contributed by atoms with E-state index in [0.29, 0.717) is 5.03 Å². The van der Waals surface area contributed by atoms with Crippen LogP contribution in [-0.4, -0.2) is 34.1 Å². The van der Waals surface area contributed by atoms with Crippen LogP contribution in [0, 0.1) is 11.3 Å². The lowest BCUT2D eigenvalue weighted by Gasteiger charge is -2.04. The number of ether oxygens (including phenoxy) is 1. The minimum absolute atomic E-state index is 0.00243. The van der Waals surface area contributed by atoms with Crippen LogP contribution in [0.2, 0.25) is 0 Å². The van der Waals surface area contributed by atoms with Gasteiger partial charge in [-0.3, -0.25) is 9.59 Å². The molecule has 2 aromatic heterocycles. The molecule has 0 aliphatic carbocycles. The molecular weight excluding hydrogens is 336 g/mol. The average Bonchev–Trinajstić information content (AvgIpc) is 3.00. The van der Waals surface area contributed by atoms with Gasteiger partial charge in [-0.1, -0.05) is 11.8 Å². The molecule has 0 fully saturated rings. The number of nitrogens with zero attached hydrogens (tertiary/aromatic N) is 3. The maximum Gasteiger partial charge on any atom is 0.316 e. The molecule has 0 bridgehead atoms. The number of esters is 1. The molecule has 0 spiro atoms. The van der Waals surface area contributed by atoms with E-state index in [-0.39, 0.29) is 17.0 Å². The van der Waals surface area contributed by atoms with Crippen molar-refractivity contribution in [3.8, 4) is 6.07 Å². The summed E-state index contributed by atoms with van der Waals surface area (Å²) in [7, 11) is 0. The molecular formula is C14H12N4O3S2. The summed E-state index contributed by atoms with van der Waals surface area (Å²) in [6.45, 7) is 0.934. The van der Waals surface area contributed by atoms with Gasteiger partial charge in [0.15, 0.2) is 6.61 Å². The molecule has 118 valence electrons. The maximum atomic E-state index is 11.7. The summed E-state index contributed by atoms with van der Waals surface area (Å²) in [4.78, 5) is 32.5. The number of aromatic nitrogens is 2. The van der Waals surface area contributed by atoms with Gasteiger partial charge in [0.2, 0.25) is 5.78 Å². The molecule has 0 saturated heterocycles. The van der Waals surface area contributed by atoms with E-state index in [1.807, 2.05) is 11.4 Å². The molecule has 0 amide bonds. The van der Waals surface area contributed by atoms with Crippen LogP contribution in [0.5, 0.6) is 0 Å². The van der Waals surface area contributed by atoms with Gasteiger partial charge < -0.3 is 10.5 Å². The van der Waals surface area contributed by atoms with Crippen molar-refractivity contribution in [2.75, 3.05) is 12.4 Å². The molecule has 0 unspecified atom stereocenters. The first kappa shape index (κ1) is 16.9. The number of nitriles is 1. The van der Waals surface area contributed by atoms with Crippen LogP contribution in [0.25, 0.3) is 10.2 Å². The minimum atomic E-state index is -0.617. The molecule has 0 saturated carbocycles. The van der Waals surface area contributed by atoms with Crippen LogP contribution < -0.4 is 5.73 Å². The number of thioether (sulfide) groups is 1. The minimum Gasteiger partial charge on any atom is -0.457 e. The predicted molar refractivity (Wildman–Crippen MR) is 86.6 cm³/mol. The van der Waals surface area contributed by atoms with Gasteiger partial charge >= 0.3 is 5.97 Å². The molecule has 0 aliphatic heterocycles. The highest BCUT2D eigenvalue weighted by atomic mass is 32.2. The van der Waals surface area contributed by atoms with E-state index in [1.54, 1.807) is 6.07 Å². The van der Waals surface area contributed by atoms with Crippen molar-refractivity contribution in [3.63, 3.8) is 0 Å². The zero-order valence-corrected chi connectivity index (χ0v) is 13.7. The van der Waals surface area contributed by atoms with Crippen LogP contribution in [0.1, 0.15) is 6.92 Å². The number of allylic oxidation sites excluding steroid dienone is 1. The number of nitrogens with two attached hydrogens (primary N) is 1. The first-order chi connectivity index (χ1) is 11.0. The Balaban J connectivity index is 1.89. The first-order valence-electron chi connectivity index (χ1n) is 6.39. The second kappa shape index (κ2) is 7.71. The zero-order chi connectivity index (χ0) is 16.8. The molecule has 2 aromatic rings. The second-order valence-corrected chi connectivity index (χ2v) is 6.22. The summed E-state index contributed by atoms with van der Waals surface area (Å²) in [5, 5.41) is 12.2. The monoisotopic (exact) mass is 348 g/mol. The van der Waals surface area contributed by atoms with Crippen molar-refractivity contribution in [1.29, 1.82) is 5.26 Å². The Hall–Kier alpha value is -2.44. The van der Waals surface area contributed by atoms with Crippen LogP contribution in [0.3, 0.4) is 0 Å². The van der Waals surface area contributed by atoms with Crippen LogP contribution in [-0.2, 0) is 14.3 Å². The van der Waals surface area contributed by atoms with Gasteiger partial charge in [0.25, 0.3) is 0 Å². The van der Waals surface area contributed by atoms with Crippen LogP contribution in [0.4, 0.5) is 0 Å². The Morgan fingerprint density at radius 1 is 1.48 bits per heavy atom. The fourth-order valence-corrected chi connectivity index (χ4v) is 3.22. The quantitative estimate of drug-likeness (QED) is 0.275. The smallest absolute Gasteiger partial charge is 0.316 e. The average molecular weight is 348 g/mol. The van der Waals surface area contributed by atoms with Gasteiger partial charge in [-0.15, -0.1) is 11.3 Å². The van der Waals surface area contributed by atoms with Crippen molar-refractivity contribution in [3.05, 3.63) is 29.0 Å². The van der Waals surface area contributed by atoms with E-state index < -0.39 is 18.4 Å². The molecule has 2 rings (SSSR count). The third kappa shape index (κ3) is 4.28. The number of hydrogen-bond acceptors (Lipinski definition) is 9. The van der Waals surface area contributed by atoms with Crippen molar-refractivity contribution in [2.24, 2.45) is 5.73 Å².